The number of nitrogens with zero attached hydrogens (tertiary/aromatic N) is 1. The summed E-state index contributed by atoms with van der Waals surface area (Å²) in [6.07, 6.45) is 8.48. The normalized spacial score (nSPS) is 16.3. The third kappa shape index (κ3) is 3.70. The topological polar surface area (TPSA) is 34.2 Å². The van der Waals surface area contributed by atoms with Gasteiger partial charge in [-0.25, -0.2) is 4.98 Å². The minimum Gasteiger partial charge on any atom is -0.373 e. The third-order valence-corrected chi connectivity index (χ3v) is 3.21. The van der Waals surface area contributed by atoms with E-state index >= 15 is 0 Å². The lowest BCUT2D eigenvalue weighted by molar-refractivity contribution is 0.0459. The summed E-state index contributed by atoms with van der Waals surface area (Å²) in [6.45, 7) is 3.81. The molecule has 2 rings (SSSR count). The number of nitrogens with one attached hydrogen (secondary N) is 1. The molecule has 0 bridgehead atoms. The molecule has 0 aliphatic heterocycles. The van der Waals surface area contributed by atoms with E-state index in [0.717, 1.165) is 18.8 Å². The lowest BCUT2D eigenvalue weighted by atomic mass is 10.2. The predicted molar refractivity (Wildman–Crippen MR) is 70.1 cm³/mol. The van der Waals surface area contributed by atoms with Crippen molar-refractivity contribution in [3.05, 3.63) is 23.9 Å². The highest BCUT2D eigenvalue weighted by Gasteiger charge is 2.15. The molecule has 0 aromatic carbocycles. The summed E-state index contributed by atoms with van der Waals surface area (Å²) in [4.78, 5) is 4.37. The van der Waals surface area contributed by atoms with Crippen LogP contribution in [0.15, 0.2) is 18.3 Å². The van der Waals surface area contributed by atoms with Gasteiger partial charge in [-0.1, -0.05) is 25.8 Å². The van der Waals surface area contributed by atoms with Gasteiger partial charge in [0.1, 0.15) is 5.82 Å². The molecular weight excluding hydrogens is 212 g/mol. The predicted octanol–water partition coefficient (Wildman–Crippen LogP) is 3.36. The van der Waals surface area contributed by atoms with E-state index in [9.17, 15) is 0 Å². The molecule has 1 fully saturated rings. The molecule has 3 nitrogen and oxygen atoms in total. The summed E-state index contributed by atoms with van der Waals surface area (Å²) in [5.74, 6) is 0.979. The SMILES string of the molecule is CCCNc1ncccc1COC1CCCC1. The van der Waals surface area contributed by atoms with E-state index in [4.69, 9.17) is 4.74 Å². The van der Waals surface area contributed by atoms with Crippen LogP contribution in [0, 0.1) is 0 Å². The van der Waals surface area contributed by atoms with Crippen molar-refractivity contribution in [1.82, 2.24) is 4.98 Å². The van der Waals surface area contributed by atoms with Gasteiger partial charge in [0.2, 0.25) is 0 Å². The Balaban J connectivity index is 1.89. The number of ether oxygens (including phenoxy) is 1. The minimum atomic E-state index is 0.467. The fourth-order valence-corrected chi connectivity index (χ4v) is 2.22. The first kappa shape index (κ1) is 12.4. The second kappa shape index (κ2) is 6.60. The van der Waals surface area contributed by atoms with Crippen LogP contribution in [-0.4, -0.2) is 17.6 Å². The highest BCUT2D eigenvalue weighted by molar-refractivity contribution is 5.43. The molecule has 1 aromatic rings. The molecular formula is C14H22N2O. The molecule has 0 unspecified atom stereocenters. The molecule has 1 saturated carbocycles. The second-order valence-electron chi connectivity index (χ2n) is 4.66. The average molecular weight is 234 g/mol. The van der Waals surface area contributed by atoms with Crippen molar-refractivity contribution in [2.75, 3.05) is 11.9 Å². The van der Waals surface area contributed by atoms with E-state index in [0.29, 0.717) is 12.7 Å². The van der Waals surface area contributed by atoms with E-state index < -0.39 is 0 Å². The number of rotatable bonds is 6. The monoisotopic (exact) mass is 234 g/mol. The lowest BCUT2D eigenvalue weighted by Crippen LogP contribution is -2.10. The van der Waals surface area contributed by atoms with Crippen molar-refractivity contribution in [1.29, 1.82) is 0 Å². The van der Waals surface area contributed by atoms with Gasteiger partial charge in [-0.15, -0.1) is 0 Å². The zero-order chi connectivity index (χ0) is 11.9. The molecule has 0 saturated heterocycles. The fourth-order valence-electron chi connectivity index (χ4n) is 2.22. The summed E-state index contributed by atoms with van der Waals surface area (Å²) >= 11 is 0. The van der Waals surface area contributed by atoms with Crippen molar-refractivity contribution < 1.29 is 4.74 Å². The first-order chi connectivity index (χ1) is 8.40. The Morgan fingerprint density at radius 3 is 3.00 bits per heavy atom. The van der Waals surface area contributed by atoms with Gasteiger partial charge in [0.05, 0.1) is 12.7 Å². The van der Waals surface area contributed by atoms with Crippen LogP contribution in [0.2, 0.25) is 0 Å². The third-order valence-electron chi connectivity index (χ3n) is 3.21. The summed E-state index contributed by atoms with van der Waals surface area (Å²) < 4.78 is 5.93. The first-order valence-corrected chi connectivity index (χ1v) is 6.69. The van der Waals surface area contributed by atoms with Gasteiger partial charge < -0.3 is 10.1 Å². The van der Waals surface area contributed by atoms with Gasteiger partial charge in [-0.2, -0.15) is 0 Å². The van der Waals surface area contributed by atoms with Gasteiger partial charge in [0, 0.05) is 18.3 Å². The van der Waals surface area contributed by atoms with Crippen LogP contribution in [0.25, 0.3) is 0 Å². The van der Waals surface area contributed by atoms with Gasteiger partial charge in [-0.05, 0) is 25.3 Å². The number of aromatic nitrogens is 1. The van der Waals surface area contributed by atoms with Crippen molar-refractivity contribution >= 4 is 5.82 Å². The van der Waals surface area contributed by atoms with Crippen LogP contribution < -0.4 is 5.32 Å². The van der Waals surface area contributed by atoms with Crippen LogP contribution in [0.4, 0.5) is 5.82 Å². The van der Waals surface area contributed by atoms with E-state index in [1.807, 2.05) is 12.3 Å². The molecule has 1 heterocycles. The van der Waals surface area contributed by atoms with Gasteiger partial charge in [0.15, 0.2) is 0 Å². The average Bonchev–Trinajstić information content (AvgIpc) is 2.88. The molecule has 0 radical (unpaired) electrons. The second-order valence-corrected chi connectivity index (χ2v) is 4.66. The number of hydrogen-bond donors (Lipinski definition) is 1. The summed E-state index contributed by atoms with van der Waals surface area (Å²) in [7, 11) is 0. The summed E-state index contributed by atoms with van der Waals surface area (Å²) in [5, 5.41) is 3.35. The first-order valence-electron chi connectivity index (χ1n) is 6.69. The van der Waals surface area contributed by atoms with Crippen molar-refractivity contribution in [3.8, 4) is 0 Å². The van der Waals surface area contributed by atoms with Crippen LogP contribution >= 0.6 is 0 Å². The molecule has 1 aliphatic rings. The molecule has 0 atom stereocenters. The largest absolute Gasteiger partial charge is 0.373 e. The number of hydrogen-bond acceptors (Lipinski definition) is 3. The van der Waals surface area contributed by atoms with Gasteiger partial charge >= 0.3 is 0 Å². The van der Waals surface area contributed by atoms with E-state index in [1.54, 1.807) is 0 Å². The minimum absolute atomic E-state index is 0.467. The molecule has 94 valence electrons. The molecule has 1 N–H and O–H groups in total. The van der Waals surface area contributed by atoms with Crippen molar-refractivity contribution in [2.24, 2.45) is 0 Å². The lowest BCUT2D eigenvalue weighted by Gasteiger charge is -2.14. The molecule has 17 heavy (non-hydrogen) atoms. The van der Waals surface area contributed by atoms with Gasteiger partial charge in [-0.3, -0.25) is 0 Å². The zero-order valence-electron chi connectivity index (χ0n) is 10.6. The van der Waals surface area contributed by atoms with Gasteiger partial charge in [0.25, 0.3) is 0 Å². The van der Waals surface area contributed by atoms with E-state index in [2.05, 4.69) is 23.3 Å². The Labute approximate surface area is 104 Å². The smallest absolute Gasteiger partial charge is 0.131 e. The molecule has 0 amide bonds. The number of pyridine rings is 1. The van der Waals surface area contributed by atoms with Crippen molar-refractivity contribution in [2.45, 2.75) is 51.7 Å². The standard InChI is InChI=1S/C14H22N2O/c1-2-9-15-14-12(6-5-10-16-14)11-17-13-7-3-4-8-13/h5-6,10,13H,2-4,7-9,11H2,1H3,(H,15,16). The zero-order valence-corrected chi connectivity index (χ0v) is 10.6. The van der Waals surface area contributed by atoms with Crippen LogP contribution in [-0.2, 0) is 11.3 Å². The summed E-state index contributed by atoms with van der Waals surface area (Å²) in [5.41, 5.74) is 1.17. The Hall–Kier alpha value is -1.09. The molecule has 1 aliphatic carbocycles. The fraction of sp³-hybridized carbons (Fsp3) is 0.643. The maximum atomic E-state index is 5.93. The van der Waals surface area contributed by atoms with E-state index in [1.165, 1.54) is 31.2 Å². The maximum Gasteiger partial charge on any atom is 0.131 e. The maximum absolute atomic E-state index is 5.93. The van der Waals surface area contributed by atoms with E-state index in [-0.39, 0.29) is 0 Å². The Bertz CT molecular complexity index is 335. The highest BCUT2D eigenvalue weighted by Crippen LogP contribution is 2.23. The Morgan fingerprint density at radius 2 is 2.24 bits per heavy atom. The molecule has 3 heteroatoms. The molecule has 1 aromatic heterocycles. The summed E-state index contributed by atoms with van der Waals surface area (Å²) in [6, 6.07) is 4.07. The quantitative estimate of drug-likeness (QED) is 0.819. The van der Waals surface area contributed by atoms with Crippen LogP contribution in [0.5, 0.6) is 0 Å². The molecule has 0 spiro atoms. The highest BCUT2D eigenvalue weighted by atomic mass is 16.5. The van der Waals surface area contributed by atoms with Crippen molar-refractivity contribution in [3.63, 3.8) is 0 Å². The Morgan fingerprint density at radius 1 is 1.41 bits per heavy atom. The van der Waals surface area contributed by atoms with Crippen LogP contribution in [0.3, 0.4) is 0 Å². The number of anilines is 1. The Kier molecular flexibility index (Phi) is 4.80. The van der Waals surface area contributed by atoms with Crippen LogP contribution in [0.1, 0.15) is 44.6 Å².